The first-order valence-electron chi connectivity index (χ1n) is 7.72. The fourth-order valence-electron chi connectivity index (χ4n) is 2.44. The van der Waals surface area contributed by atoms with Crippen LogP contribution in [0.5, 0.6) is 0 Å². The molecule has 1 amide bonds. The summed E-state index contributed by atoms with van der Waals surface area (Å²) in [4.78, 5) is 12.1. The molecule has 0 saturated carbocycles. The standard InChI is InChI=1S/C20H22BrNO/c1-13(2)17-8-5-16(6-9-17)7-10-19(23)22-20-14(3)11-18(21)12-15(20)4/h5-13H,1-4H3,(H,22,23). The third kappa shape index (κ3) is 4.80. The molecular weight excluding hydrogens is 350 g/mol. The Labute approximate surface area is 146 Å². The third-order valence-corrected chi connectivity index (χ3v) is 4.23. The number of nitrogens with one attached hydrogen (secondary N) is 1. The maximum Gasteiger partial charge on any atom is 0.248 e. The monoisotopic (exact) mass is 371 g/mol. The second kappa shape index (κ2) is 7.60. The lowest BCUT2D eigenvalue weighted by Gasteiger charge is -2.11. The molecule has 3 heteroatoms. The molecule has 2 aromatic carbocycles. The lowest BCUT2D eigenvalue weighted by atomic mass is 10.0. The van der Waals surface area contributed by atoms with E-state index in [1.54, 1.807) is 6.08 Å². The Kier molecular flexibility index (Phi) is 5.78. The minimum atomic E-state index is -0.119. The van der Waals surface area contributed by atoms with E-state index in [9.17, 15) is 4.79 Å². The van der Waals surface area contributed by atoms with E-state index in [0.717, 1.165) is 26.9 Å². The van der Waals surface area contributed by atoms with Crippen LogP contribution >= 0.6 is 15.9 Å². The van der Waals surface area contributed by atoms with Crippen LogP contribution in [0, 0.1) is 13.8 Å². The van der Waals surface area contributed by atoms with Crippen LogP contribution in [-0.2, 0) is 4.79 Å². The van der Waals surface area contributed by atoms with Crippen LogP contribution in [-0.4, -0.2) is 5.91 Å². The van der Waals surface area contributed by atoms with Gasteiger partial charge in [0.2, 0.25) is 5.91 Å². The summed E-state index contributed by atoms with van der Waals surface area (Å²) in [6.45, 7) is 8.31. The highest BCUT2D eigenvalue weighted by Crippen LogP contribution is 2.25. The maximum atomic E-state index is 12.1. The average molecular weight is 372 g/mol. The van der Waals surface area contributed by atoms with Crippen LogP contribution in [0.1, 0.15) is 42.0 Å². The Balaban J connectivity index is 2.07. The number of halogens is 1. The van der Waals surface area contributed by atoms with Crippen LogP contribution in [0.25, 0.3) is 6.08 Å². The molecule has 23 heavy (non-hydrogen) atoms. The lowest BCUT2D eigenvalue weighted by molar-refractivity contribution is -0.111. The van der Waals surface area contributed by atoms with Gasteiger partial charge in [0, 0.05) is 16.2 Å². The normalized spacial score (nSPS) is 11.2. The molecule has 2 rings (SSSR count). The summed E-state index contributed by atoms with van der Waals surface area (Å²) in [7, 11) is 0. The van der Waals surface area contributed by atoms with E-state index < -0.39 is 0 Å². The Hall–Kier alpha value is -1.87. The molecule has 2 aromatic rings. The highest BCUT2D eigenvalue weighted by atomic mass is 79.9. The van der Waals surface area contributed by atoms with E-state index in [1.165, 1.54) is 5.56 Å². The molecule has 0 aliphatic heterocycles. The van der Waals surface area contributed by atoms with Crippen molar-refractivity contribution in [3.63, 3.8) is 0 Å². The zero-order valence-corrected chi connectivity index (χ0v) is 15.6. The second-order valence-electron chi connectivity index (χ2n) is 6.06. The molecular formula is C20H22BrNO. The highest BCUT2D eigenvalue weighted by Gasteiger charge is 2.06. The van der Waals surface area contributed by atoms with Crippen LogP contribution < -0.4 is 5.32 Å². The molecule has 2 nitrogen and oxygen atoms in total. The van der Waals surface area contributed by atoms with Gasteiger partial charge in [-0.15, -0.1) is 0 Å². The van der Waals surface area contributed by atoms with Crippen LogP contribution in [0.15, 0.2) is 46.9 Å². The first-order chi connectivity index (χ1) is 10.9. The summed E-state index contributed by atoms with van der Waals surface area (Å²) in [6, 6.07) is 12.3. The van der Waals surface area contributed by atoms with Crippen molar-refractivity contribution in [2.24, 2.45) is 0 Å². The minimum Gasteiger partial charge on any atom is -0.322 e. The summed E-state index contributed by atoms with van der Waals surface area (Å²) in [5, 5.41) is 2.96. The maximum absolute atomic E-state index is 12.1. The van der Waals surface area contributed by atoms with Gasteiger partial charge in [0.05, 0.1) is 0 Å². The van der Waals surface area contributed by atoms with E-state index in [4.69, 9.17) is 0 Å². The molecule has 0 radical (unpaired) electrons. The second-order valence-corrected chi connectivity index (χ2v) is 6.97. The number of amides is 1. The van der Waals surface area contributed by atoms with E-state index in [2.05, 4.69) is 47.2 Å². The van der Waals surface area contributed by atoms with E-state index >= 15 is 0 Å². The van der Waals surface area contributed by atoms with Crippen molar-refractivity contribution in [3.05, 3.63) is 69.2 Å². The predicted octanol–water partition coefficient (Wildman–Crippen LogP) is 5.84. The fraction of sp³-hybridized carbons (Fsp3) is 0.250. The molecule has 1 N–H and O–H groups in total. The molecule has 0 fully saturated rings. The highest BCUT2D eigenvalue weighted by molar-refractivity contribution is 9.10. The molecule has 0 spiro atoms. The quantitative estimate of drug-likeness (QED) is 0.671. The van der Waals surface area contributed by atoms with Crippen molar-refractivity contribution >= 4 is 33.6 Å². The van der Waals surface area contributed by atoms with Gasteiger partial charge in [-0.1, -0.05) is 54.0 Å². The van der Waals surface area contributed by atoms with Gasteiger partial charge in [-0.2, -0.15) is 0 Å². The first-order valence-corrected chi connectivity index (χ1v) is 8.52. The summed E-state index contributed by atoms with van der Waals surface area (Å²) >= 11 is 3.46. The smallest absolute Gasteiger partial charge is 0.248 e. The Morgan fingerprint density at radius 1 is 1.09 bits per heavy atom. The van der Waals surface area contributed by atoms with E-state index in [1.807, 2.05) is 44.2 Å². The topological polar surface area (TPSA) is 29.1 Å². The Morgan fingerprint density at radius 2 is 1.65 bits per heavy atom. The zero-order chi connectivity index (χ0) is 17.0. The van der Waals surface area contributed by atoms with E-state index in [-0.39, 0.29) is 5.91 Å². The summed E-state index contributed by atoms with van der Waals surface area (Å²) < 4.78 is 1.02. The van der Waals surface area contributed by atoms with Crippen molar-refractivity contribution in [1.29, 1.82) is 0 Å². The Bertz CT molecular complexity index is 707. The van der Waals surface area contributed by atoms with Crippen molar-refractivity contribution in [2.75, 3.05) is 5.32 Å². The summed E-state index contributed by atoms with van der Waals surface area (Å²) in [5.74, 6) is 0.395. The minimum absolute atomic E-state index is 0.119. The molecule has 0 unspecified atom stereocenters. The van der Waals surface area contributed by atoms with Gasteiger partial charge in [-0.05, 0) is 60.2 Å². The van der Waals surface area contributed by atoms with Crippen molar-refractivity contribution < 1.29 is 4.79 Å². The Morgan fingerprint density at radius 3 is 2.17 bits per heavy atom. The van der Waals surface area contributed by atoms with Crippen LogP contribution in [0.4, 0.5) is 5.69 Å². The largest absolute Gasteiger partial charge is 0.322 e. The van der Waals surface area contributed by atoms with Crippen LogP contribution in [0.2, 0.25) is 0 Å². The molecule has 0 aliphatic carbocycles. The summed E-state index contributed by atoms with van der Waals surface area (Å²) in [6.07, 6.45) is 3.41. The molecule has 120 valence electrons. The average Bonchev–Trinajstić information content (AvgIpc) is 2.49. The zero-order valence-electron chi connectivity index (χ0n) is 14.0. The SMILES string of the molecule is Cc1cc(Br)cc(C)c1NC(=O)C=Cc1ccc(C(C)C)cc1. The van der Waals surface area contributed by atoms with E-state index in [0.29, 0.717) is 5.92 Å². The van der Waals surface area contributed by atoms with Gasteiger partial charge in [-0.3, -0.25) is 4.79 Å². The number of rotatable bonds is 4. The molecule has 0 heterocycles. The number of anilines is 1. The van der Waals surface area contributed by atoms with Gasteiger partial charge < -0.3 is 5.32 Å². The summed E-state index contributed by atoms with van der Waals surface area (Å²) in [5.41, 5.74) is 5.28. The van der Waals surface area contributed by atoms with Crippen molar-refractivity contribution in [1.82, 2.24) is 0 Å². The number of hydrogen-bond acceptors (Lipinski definition) is 1. The van der Waals surface area contributed by atoms with Gasteiger partial charge in [0.25, 0.3) is 0 Å². The molecule has 0 aromatic heterocycles. The number of hydrogen-bond donors (Lipinski definition) is 1. The molecule has 0 bridgehead atoms. The molecule has 0 atom stereocenters. The lowest BCUT2D eigenvalue weighted by Crippen LogP contribution is -2.10. The molecule has 0 aliphatic rings. The van der Waals surface area contributed by atoms with Gasteiger partial charge >= 0.3 is 0 Å². The molecule has 0 saturated heterocycles. The number of carbonyl (C=O) groups is 1. The first kappa shape index (κ1) is 17.5. The van der Waals surface area contributed by atoms with Crippen LogP contribution in [0.3, 0.4) is 0 Å². The number of aryl methyl sites for hydroxylation is 2. The van der Waals surface area contributed by atoms with Crippen molar-refractivity contribution in [2.45, 2.75) is 33.6 Å². The van der Waals surface area contributed by atoms with Gasteiger partial charge in [0.15, 0.2) is 0 Å². The number of benzene rings is 2. The number of carbonyl (C=O) groups excluding carboxylic acids is 1. The van der Waals surface area contributed by atoms with Gasteiger partial charge in [0.1, 0.15) is 0 Å². The third-order valence-electron chi connectivity index (χ3n) is 3.78. The predicted molar refractivity (Wildman–Crippen MR) is 102 cm³/mol. The fourth-order valence-corrected chi connectivity index (χ4v) is 3.12. The van der Waals surface area contributed by atoms with Crippen molar-refractivity contribution in [3.8, 4) is 0 Å². The van der Waals surface area contributed by atoms with Gasteiger partial charge in [-0.25, -0.2) is 0 Å².